The van der Waals surface area contributed by atoms with Crippen molar-refractivity contribution in [3.8, 4) is 0 Å². The molecule has 134 valence electrons. The number of ether oxygens (including phenoxy) is 1. The number of carbonyl (C=O) groups is 1. The minimum atomic E-state index is -0.604. The van der Waals surface area contributed by atoms with E-state index in [2.05, 4.69) is 11.9 Å². The van der Waals surface area contributed by atoms with E-state index in [1.165, 1.54) is 12.7 Å². The van der Waals surface area contributed by atoms with Crippen LogP contribution in [0.1, 0.15) is 18.4 Å². The first-order valence-electron chi connectivity index (χ1n) is 8.22. The number of rotatable bonds is 8. The Labute approximate surface area is 153 Å². The van der Waals surface area contributed by atoms with Gasteiger partial charge in [0.05, 0.1) is 7.11 Å². The van der Waals surface area contributed by atoms with Crippen molar-refractivity contribution in [3.63, 3.8) is 0 Å². The third-order valence-corrected chi connectivity index (χ3v) is 4.50. The number of esters is 1. The van der Waals surface area contributed by atoms with Crippen LogP contribution in [-0.4, -0.2) is 37.4 Å². The number of nitrogens with zero attached hydrogens (tertiary/aromatic N) is 1. The van der Waals surface area contributed by atoms with E-state index < -0.39 is 5.97 Å². The van der Waals surface area contributed by atoms with Crippen LogP contribution in [0.15, 0.2) is 53.3 Å². The standard InChI is InChI=1S/C19H24ClN3O2/c1-13(15-9-10-15)22-17(19(24)25-3)16(20)18(21)23(2)12-11-14-7-5-4-6-8-14/h4-8,15,21-22H,1,9-12H2,2-3H3. The summed E-state index contributed by atoms with van der Waals surface area (Å²) in [6, 6.07) is 10.0. The number of amidine groups is 1. The van der Waals surface area contributed by atoms with Gasteiger partial charge in [-0.05, 0) is 30.7 Å². The molecule has 0 heterocycles. The highest BCUT2D eigenvalue weighted by Gasteiger charge is 2.28. The zero-order chi connectivity index (χ0) is 18.4. The van der Waals surface area contributed by atoms with Gasteiger partial charge in [0.2, 0.25) is 0 Å². The summed E-state index contributed by atoms with van der Waals surface area (Å²) in [6.45, 7) is 4.55. The molecule has 1 aliphatic rings. The zero-order valence-electron chi connectivity index (χ0n) is 14.6. The first-order valence-corrected chi connectivity index (χ1v) is 8.59. The lowest BCUT2D eigenvalue weighted by Gasteiger charge is -2.21. The summed E-state index contributed by atoms with van der Waals surface area (Å²) >= 11 is 6.33. The Morgan fingerprint density at radius 3 is 2.60 bits per heavy atom. The number of methoxy groups -OCH3 is 1. The van der Waals surface area contributed by atoms with Crippen LogP contribution in [0.2, 0.25) is 0 Å². The van der Waals surface area contributed by atoms with Gasteiger partial charge in [-0.3, -0.25) is 5.41 Å². The van der Waals surface area contributed by atoms with Crippen molar-refractivity contribution < 1.29 is 9.53 Å². The summed E-state index contributed by atoms with van der Waals surface area (Å²) in [5.41, 5.74) is 1.98. The van der Waals surface area contributed by atoms with Gasteiger partial charge >= 0.3 is 5.97 Å². The van der Waals surface area contributed by atoms with Crippen molar-refractivity contribution in [1.29, 1.82) is 5.41 Å². The minimum absolute atomic E-state index is 0.0317. The number of allylic oxidation sites excluding steroid dienone is 1. The molecule has 0 aliphatic heterocycles. The van der Waals surface area contributed by atoms with Crippen LogP contribution in [-0.2, 0) is 16.0 Å². The van der Waals surface area contributed by atoms with Crippen molar-refractivity contribution in [2.24, 2.45) is 5.92 Å². The van der Waals surface area contributed by atoms with Crippen LogP contribution in [0.25, 0.3) is 0 Å². The fraction of sp³-hybridized carbons (Fsp3) is 0.368. The molecule has 0 spiro atoms. The molecule has 0 bridgehead atoms. The fourth-order valence-electron chi connectivity index (χ4n) is 2.33. The number of hydrogen-bond donors (Lipinski definition) is 2. The van der Waals surface area contributed by atoms with Gasteiger partial charge in [0.15, 0.2) is 0 Å². The van der Waals surface area contributed by atoms with Gasteiger partial charge in [0.1, 0.15) is 16.6 Å². The van der Waals surface area contributed by atoms with Crippen LogP contribution in [0.4, 0.5) is 0 Å². The maximum atomic E-state index is 12.1. The van der Waals surface area contributed by atoms with Gasteiger partial charge < -0.3 is 15.0 Å². The van der Waals surface area contributed by atoms with Crippen molar-refractivity contribution in [3.05, 3.63) is 58.9 Å². The number of halogens is 1. The van der Waals surface area contributed by atoms with E-state index in [0.29, 0.717) is 12.5 Å². The molecule has 1 aromatic carbocycles. The highest BCUT2D eigenvalue weighted by Crippen LogP contribution is 2.34. The molecule has 1 aliphatic carbocycles. The lowest BCUT2D eigenvalue weighted by atomic mass is 10.1. The largest absolute Gasteiger partial charge is 0.464 e. The van der Waals surface area contributed by atoms with E-state index in [9.17, 15) is 4.79 Å². The number of likely N-dealkylation sites (N-methyl/N-ethyl adjacent to an activating group) is 1. The summed E-state index contributed by atoms with van der Waals surface area (Å²) in [4.78, 5) is 13.8. The molecule has 1 fully saturated rings. The smallest absolute Gasteiger partial charge is 0.356 e. The second kappa shape index (κ2) is 8.72. The Hall–Kier alpha value is -2.27. The summed E-state index contributed by atoms with van der Waals surface area (Å²) in [6.07, 6.45) is 2.87. The first-order chi connectivity index (χ1) is 11.9. The molecule has 0 aromatic heterocycles. The average molecular weight is 362 g/mol. The van der Waals surface area contributed by atoms with Crippen LogP contribution >= 0.6 is 11.6 Å². The minimum Gasteiger partial charge on any atom is -0.464 e. The van der Waals surface area contributed by atoms with E-state index in [-0.39, 0.29) is 16.6 Å². The maximum absolute atomic E-state index is 12.1. The van der Waals surface area contributed by atoms with Crippen LogP contribution in [0.3, 0.4) is 0 Å². The second-order valence-electron chi connectivity index (χ2n) is 6.11. The summed E-state index contributed by atoms with van der Waals surface area (Å²) in [5, 5.41) is 11.3. The van der Waals surface area contributed by atoms with Crippen molar-refractivity contribution in [2.45, 2.75) is 19.3 Å². The molecular weight excluding hydrogens is 338 g/mol. The van der Waals surface area contributed by atoms with E-state index in [0.717, 1.165) is 25.0 Å². The van der Waals surface area contributed by atoms with Crippen LogP contribution in [0.5, 0.6) is 0 Å². The van der Waals surface area contributed by atoms with Gasteiger partial charge in [0, 0.05) is 19.3 Å². The molecule has 0 unspecified atom stereocenters. The number of nitrogens with one attached hydrogen (secondary N) is 2. The number of hydrogen-bond acceptors (Lipinski definition) is 4. The molecule has 0 saturated heterocycles. The SMILES string of the molecule is C=C(NC(C(=O)OC)=C(Cl)C(=N)N(C)CCc1ccccc1)C1CC1. The number of carbonyl (C=O) groups excluding carboxylic acids is 1. The molecule has 2 N–H and O–H groups in total. The van der Waals surface area contributed by atoms with Gasteiger partial charge in [-0.2, -0.15) is 0 Å². The van der Waals surface area contributed by atoms with E-state index in [1.54, 1.807) is 11.9 Å². The Bertz CT molecular complexity index is 681. The van der Waals surface area contributed by atoms with E-state index in [1.807, 2.05) is 30.3 Å². The maximum Gasteiger partial charge on any atom is 0.356 e. The zero-order valence-corrected chi connectivity index (χ0v) is 15.4. The number of benzene rings is 1. The Kier molecular flexibility index (Phi) is 6.65. The quantitative estimate of drug-likeness (QED) is 0.323. The Balaban J connectivity index is 2.06. The Morgan fingerprint density at radius 2 is 2.04 bits per heavy atom. The highest BCUT2D eigenvalue weighted by molar-refractivity contribution is 6.44. The molecule has 1 aromatic rings. The Morgan fingerprint density at radius 1 is 1.40 bits per heavy atom. The molecule has 1 saturated carbocycles. The molecule has 25 heavy (non-hydrogen) atoms. The monoisotopic (exact) mass is 361 g/mol. The summed E-state index contributed by atoms with van der Waals surface area (Å²) in [7, 11) is 3.06. The van der Waals surface area contributed by atoms with Gasteiger partial charge in [-0.1, -0.05) is 48.5 Å². The second-order valence-corrected chi connectivity index (χ2v) is 6.49. The molecule has 0 amide bonds. The van der Waals surface area contributed by atoms with Crippen molar-refractivity contribution in [2.75, 3.05) is 20.7 Å². The summed E-state index contributed by atoms with van der Waals surface area (Å²) < 4.78 is 4.79. The van der Waals surface area contributed by atoms with Crippen molar-refractivity contribution >= 4 is 23.4 Å². The third-order valence-electron chi connectivity index (χ3n) is 4.13. The third kappa shape index (κ3) is 5.36. The van der Waals surface area contributed by atoms with E-state index >= 15 is 0 Å². The van der Waals surface area contributed by atoms with Gasteiger partial charge in [-0.15, -0.1) is 0 Å². The predicted molar refractivity (Wildman–Crippen MR) is 100 cm³/mol. The van der Waals surface area contributed by atoms with Crippen LogP contribution < -0.4 is 5.32 Å². The highest BCUT2D eigenvalue weighted by atomic mass is 35.5. The van der Waals surface area contributed by atoms with E-state index in [4.69, 9.17) is 21.7 Å². The average Bonchev–Trinajstić information content (AvgIpc) is 3.48. The molecule has 2 rings (SSSR count). The normalized spacial score (nSPS) is 14.4. The van der Waals surface area contributed by atoms with Gasteiger partial charge in [-0.25, -0.2) is 4.79 Å². The van der Waals surface area contributed by atoms with Crippen molar-refractivity contribution in [1.82, 2.24) is 10.2 Å². The molecule has 5 nitrogen and oxygen atoms in total. The topological polar surface area (TPSA) is 65.4 Å². The lowest BCUT2D eigenvalue weighted by Crippen LogP contribution is -2.32. The van der Waals surface area contributed by atoms with Gasteiger partial charge in [0.25, 0.3) is 0 Å². The lowest BCUT2D eigenvalue weighted by molar-refractivity contribution is -0.136. The molecular formula is C19H24ClN3O2. The molecule has 0 radical (unpaired) electrons. The molecule has 0 atom stereocenters. The fourth-order valence-corrected chi connectivity index (χ4v) is 2.60. The first kappa shape index (κ1) is 19.1. The predicted octanol–water partition coefficient (Wildman–Crippen LogP) is 3.27. The van der Waals surface area contributed by atoms with Crippen LogP contribution in [0, 0.1) is 11.3 Å². The summed E-state index contributed by atoms with van der Waals surface area (Å²) in [5.74, 6) is -0.184. The molecule has 6 heteroatoms.